The highest BCUT2D eigenvalue weighted by molar-refractivity contribution is 7.82. The largest absolute Gasteiger partial charge is 0.357 e. The van der Waals surface area contributed by atoms with Crippen LogP contribution in [0.4, 0.5) is 5.69 Å². The van der Waals surface area contributed by atoms with Gasteiger partial charge in [-0.1, -0.05) is 24.4 Å². The number of benzene rings is 1. The van der Waals surface area contributed by atoms with Crippen LogP contribution < -0.4 is 5.32 Å². The van der Waals surface area contributed by atoms with Gasteiger partial charge in [-0.25, -0.2) is 0 Å². The Kier molecular flexibility index (Phi) is 5.03. The summed E-state index contributed by atoms with van der Waals surface area (Å²) in [5.74, 6) is -0.417. The first-order valence-electron chi connectivity index (χ1n) is 6.88. The molecule has 0 saturated carbocycles. The van der Waals surface area contributed by atoms with Crippen molar-refractivity contribution >= 4 is 34.6 Å². The normalized spacial score (nSPS) is 15.6. The van der Waals surface area contributed by atoms with Gasteiger partial charge in [-0.15, -0.1) is 0 Å². The maximum atomic E-state index is 12.6. The Morgan fingerprint density at radius 2 is 1.76 bits per heavy atom. The number of piperazine rings is 1. The van der Waals surface area contributed by atoms with E-state index in [4.69, 9.17) is 12.2 Å². The molecule has 0 bridgehead atoms. The molecule has 1 amide bonds. The second-order valence-electron chi connectivity index (χ2n) is 5.15. The molecule has 1 aliphatic heterocycles. The molecule has 1 aromatic rings. The quantitative estimate of drug-likeness (QED) is 0.676. The fraction of sp³-hybridized carbons (Fsp3) is 0.400. The van der Waals surface area contributed by atoms with Gasteiger partial charge in [-0.2, -0.15) is 0 Å². The minimum atomic E-state index is -0.209. The maximum absolute atomic E-state index is 12.6. The smallest absolute Gasteiger partial charge is 0.222 e. The van der Waals surface area contributed by atoms with Crippen molar-refractivity contribution < 1.29 is 9.59 Å². The SMILES string of the molecule is CC(=O)Nc1ccccc1C(=O)C(=S)N1CCN(C)CC1. The first-order valence-corrected chi connectivity index (χ1v) is 7.28. The minimum Gasteiger partial charge on any atom is -0.357 e. The van der Waals surface area contributed by atoms with Crippen molar-refractivity contribution in [1.29, 1.82) is 0 Å². The summed E-state index contributed by atoms with van der Waals surface area (Å²) in [6.45, 7) is 4.70. The van der Waals surface area contributed by atoms with Gasteiger partial charge >= 0.3 is 0 Å². The van der Waals surface area contributed by atoms with E-state index in [0.717, 1.165) is 26.2 Å². The van der Waals surface area contributed by atoms with Crippen LogP contribution in [0.15, 0.2) is 24.3 Å². The Morgan fingerprint density at radius 1 is 1.14 bits per heavy atom. The van der Waals surface area contributed by atoms with Crippen LogP contribution in [0.2, 0.25) is 0 Å². The number of hydrogen-bond acceptors (Lipinski definition) is 4. The fourth-order valence-corrected chi connectivity index (χ4v) is 2.54. The van der Waals surface area contributed by atoms with E-state index >= 15 is 0 Å². The summed E-state index contributed by atoms with van der Waals surface area (Å²) in [4.78, 5) is 28.3. The van der Waals surface area contributed by atoms with Crippen LogP contribution in [-0.2, 0) is 4.79 Å². The van der Waals surface area contributed by atoms with Gasteiger partial charge in [0.15, 0.2) is 4.99 Å². The van der Waals surface area contributed by atoms with E-state index in [1.165, 1.54) is 6.92 Å². The van der Waals surface area contributed by atoms with Gasteiger partial charge in [0.05, 0.1) is 5.69 Å². The van der Waals surface area contributed by atoms with Gasteiger partial charge in [0.1, 0.15) is 0 Å². The van der Waals surface area contributed by atoms with E-state index in [-0.39, 0.29) is 11.7 Å². The topological polar surface area (TPSA) is 52.7 Å². The van der Waals surface area contributed by atoms with E-state index in [2.05, 4.69) is 10.2 Å². The van der Waals surface area contributed by atoms with Crippen LogP contribution in [0.1, 0.15) is 17.3 Å². The molecule has 0 unspecified atom stereocenters. The summed E-state index contributed by atoms with van der Waals surface area (Å²) >= 11 is 5.34. The molecule has 1 heterocycles. The zero-order valence-corrected chi connectivity index (χ0v) is 13.1. The van der Waals surface area contributed by atoms with E-state index in [0.29, 0.717) is 16.2 Å². The number of rotatable bonds is 3. The molecule has 1 saturated heterocycles. The van der Waals surface area contributed by atoms with Crippen LogP contribution in [-0.4, -0.2) is 59.7 Å². The molecule has 21 heavy (non-hydrogen) atoms. The number of thiocarbonyl (C=S) groups is 1. The van der Waals surface area contributed by atoms with Crippen molar-refractivity contribution in [1.82, 2.24) is 9.80 Å². The highest BCUT2D eigenvalue weighted by atomic mass is 32.1. The highest BCUT2D eigenvalue weighted by Crippen LogP contribution is 2.17. The Morgan fingerprint density at radius 3 is 2.38 bits per heavy atom. The zero-order chi connectivity index (χ0) is 15.4. The molecule has 0 aromatic heterocycles. The first kappa shape index (κ1) is 15.6. The van der Waals surface area contributed by atoms with Crippen LogP contribution in [0.3, 0.4) is 0 Å². The molecular formula is C15H19N3O2S. The highest BCUT2D eigenvalue weighted by Gasteiger charge is 2.24. The van der Waals surface area contributed by atoms with Crippen molar-refractivity contribution in [3.8, 4) is 0 Å². The second-order valence-corrected chi connectivity index (χ2v) is 5.54. The third-order valence-electron chi connectivity index (χ3n) is 3.47. The molecule has 0 spiro atoms. The standard InChI is InChI=1S/C15H19N3O2S/c1-11(19)16-13-6-4-3-5-12(13)14(20)15(21)18-9-7-17(2)8-10-18/h3-6H,7-10H2,1-2H3,(H,16,19). The number of hydrogen-bond donors (Lipinski definition) is 1. The predicted molar refractivity (Wildman–Crippen MR) is 86.7 cm³/mol. The molecule has 0 aliphatic carbocycles. The van der Waals surface area contributed by atoms with Gasteiger partial charge in [0.25, 0.3) is 0 Å². The summed E-state index contributed by atoms with van der Waals surface area (Å²) in [6.07, 6.45) is 0. The molecule has 0 radical (unpaired) electrons. The average molecular weight is 305 g/mol. The number of nitrogens with one attached hydrogen (secondary N) is 1. The molecule has 0 atom stereocenters. The van der Waals surface area contributed by atoms with Crippen LogP contribution in [0.25, 0.3) is 0 Å². The van der Waals surface area contributed by atoms with Crippen molar-refractivity contribution in [2.75, 3.05) is 38.5 Å². The first-order chi connectivity index (χ1) is 9.99. The molecular weight excluding hydrogens is 286 g/mol. The molecule has 1 fully saturated rings. The number of Topliss-reactive ketones (excluding diaryl/α,β-unsaturated/α-hetero) is 1. The fourth-order valence-electron chi connectivity index (χ4n) is 2.25. The number of carbonyl (C=O) groups excluding carboxylic acids is 2. The number of ketones is 1. The summed E-state index contributed by atoms with van der Waals surface area (Å²) in [7, 11) is 2.05. The number of likely N-dealkylation sites (N-methyl/N-ethyl adjacent to an activating group) is 1. The van der Waals surface area contributed by atoms with Crippen molar-refractivity contribution in [3.05, 3.63) is 29.8 Å². The van der Waals surface area contributed by atoms with Gasteiger partial charge in [-0.05, 0) is 19.2 Å². The number of nitrogens with zero attached hydrogens (tertiary/aromatic N) is 2. The van der Waals surface area contributed by atoms with Gasteiger partial charge in [0.2, 0.25) is 11.7 Å². The van der Waals surface area contributed by atoms with Crippen molar-refractivity contribution in [2.24, 2.45) is 0 Å². The molecule has 2 rings (SSSR count). The van der Waals surface area contributed by atoms with Gasteiger partial charge in [0, 0.05) is 38.7 Å². The molecule has 5 nitrogen and oxygen atoms in total. The van der Waals surface area contributed by atoms with Crippen LogP contribution in [0, 0.1) is 0 Å². The summed E-state index contributed by atoms with van der Waals surface area (Å²) in [5, 5.41) is 2.67. The average Bonchev–Trinajstić information content (AvgIpc) is 2.46. The number of anilines is 1. The van der Waals surface area contributed by atoms with E-state index in [1.807, 2.05) is 11.9 Å². The Balaban J connectivity index is 2.16. The molecule has 6 heteroatoms. The van der Waals surface area contributed by atoms with Crippen molar-refractivity contribution in [2.45, 2.75) is 6.92 Å². The lowest BCUT2D eigenvalue weighted by molar-refractivity contribution is -0.114. The maximum Gasteiger partial charge on any atom is 0.222 e. The molecule has 1 N–H and O–H groups in total. The summed E-state index contributed by atoms with van der Waals surface area (Å²) in [5.41, 5.74) is 0.947. The predicted octanol–water partition coefficient (Wildman–Crippen LogP) is 1.40. The van der Waals surface area contributed by atoms with Crippen LogP contribution in [0.5, 0.6) is 0 Å². The Hall–Kier alpha value is -1.79. The van der Waals surface area contributed by atoms with Gasteiger partial charge < -0.3 is 15.1 Å². The summed E-state index contributed by atoms with van der Waals surface area (Å²) in [6, 6.07) is 6.95. The van der Waals surface area contributed by atoms with E-state index in [9.17, 15) is 9.59 Å². The number of para-hydroxylation sites is 1. The third-order valence-corrected chi connectivity index (χ3v) is 3.91. The number of carbonyl (C=O) groups is 2. The second kappa shape index (κ2) is 6.78. The molecule has 1 aromatic carbocycles. The van der Waals surface area contributed by atoms with Crippen LogP contribution >= 0.6 is 12.2 Å². The lowest BCUT2D eigenvalue weighted by Gasteiger charge is -2.33. The van der Waals surface area contributed by atoms with E-state index in [1.54, 1.807) is 24.3 Å². The van der Waals surface area contributed by atoms with E-state index < -0.39 is 0 Å². The summed E-state index contributed by atoms with van der Waals surface area (Å²) < 4.78 is 0. The molecule has 1 aliphatic rings. The van der Waals surface area contributed by atoms with Gasteiger partial charge in [-0.3, -0.25) is 9.59 Å². The lowest BCUT2D eigenvalue weighted by Crippen LogP contribution is -2.48. The zero-order valence-electron chi connectivity index (χ0n) is 12.3. The Bertz CT molecular complexity index is 566. The Labute approximate surface area is 129 Å². The minimum absolute atomic E-state index is 0.208. The molecule has 112 valence electrons. The third kappa shape index (κ3) is 3.86. The monoisotopic (exact) mass is 305 g/mol. The van der Waals surface area contributed by atoms with Crippen molar-refractivity contribution in [3.63, 3.8) is 0 Å². The number of amides is 1. The lowest BCUT2D eigenvalue weighted by atomic mass is 10.1.